The van der Waals surface area contributed by atoms with E-state index in [0.717, 1.165) is 50.9 Å². The van der Waals surface area contributed by atoms with Crippen LogP contribution in [0.4, 0.5) is 5.69 Å². The van der Waals surface area contributed by atoms with Gasteiger partial charge in [0.25, 0.3) is 0 Å². The van der Waals surface area contributed by atoms with Crippen LogP contribution >= 0.6 is 0 Å². The van der Waals surface area contributed by atoms with Crippen LogP contribution in [-0.2, 0) is 0 Å². The molecular weight excluding hydrogens is 358 g/mol. The van der Waals surface area contributed by atoms with E-state index >= 15 is 0 Å². The first-order valence-corrected chi connectivity index (χ1v) is 11.3. The van der Waals surface area contributed by atoms with Crippen molar-refractivity contribution in [3.63, 3.8) is 0 Å². The summed E-state index contributed by atoms with van der Waals surface area (Å²) in [4.78, 5) is 4.91. The van der Waals surface area contributed by atoms with E-state index < -0.39 is 0 Å². The Bertz CT molecular complexity index is 747. The summed E-state index contributed by atoms with van der Waals surface area (Å²) in [5.74, 6) is 1.81. The molecule has 2 aliphatic rings. The van der Waals surface area contributed by atoms with E-state index in [-0.39, 0.29) is 0 Å². The van der Waals surface area contributed by atoms with Crippen LogP contribution in [0.1, 0.15) is 25.7 Å². The second-order valence-corrected chi connectivity index (χ2v) is 8.53. The molecule has 0 aliphatic carbocycles. The molecule has 0 spiro atoms. The summed E-state index contributed by atoms with van der Waals surface area (Å²) < 4.78 is 6.01. The number of piperidine rings is 1. The molecule has 4 nitrogen and oxygen atoms in total. The molecule has 29 heavy (non-hydrogen) atoms. The van der Waals surface area contributed by atoms with Crippen molar-refractivity contribution in [1.29, 1.82) is 0 Å². The summed E-state index contributed by atoms with van der Waals surface area (Å²) in [5.41, 5.74) is 3.92. The maximum absolute atomic E-state index is 6.01. The highest BCUT2D eigenvalue weighted by Crippen LogP contribution is 2.32. The molecule has 4 rings (SSSR count). The van der Waals surface area contributed by atoms with E-state index in [1.54, 1.807) is 0 Å². The maximum Gasteiger partial charge on any atom is 0.119 e. The monoisotopic (exact) mass is 393 g/mol. The standard InChI is InChI=1S/C25H35N3O/c1-27-15-17-28(18-16-27)25-9-3-2-8-24(25)22-10-12-23(13-11-22)29-19-5-7-21-6-4-14-26-20-21/h2-3,8-13,21,26H,4-7,14-20H2,1H3. The fraction of sp³-hybridized carbons (Fsp3) is 0.520. The number of ether oxygens (including phenoxy) is 1. The number of para-hydroxylation sites is 1. The average Bonchev–Trinajstić information content (AvgIpc) is 2.78. The third kappa shape index (κ3) is 5.52. The van der Waals surface area contributed by atoms with Gasteiger partial charge in [-0.05, 0) is 75.5 Å². The highest BCUT2D eigenvalue weighted by Gasteiger charge is 2.17. The lowest BCUT2D eigenvalue weighted by molar-refractivity contribution is 0.275. The highest BCUT2D eigenvalue weighted by molar-refractivity contribution is 5.79. The Kier molecular flexibility index (Phi) is 7.07. The van der Waals surface area contributed by atoms with Gasteiger partial charge in [-0.25, -0.2) is 0 Å². The second-order valence-electron chi connectivity index (χ2n) is 8.53. The van der Waals surface area contributed by atoms with Crippen LogP contribution in [0.2, 0.25) is 0 Å². The van der Waals surface area contributed by atoms with Gasteiger partial charge in [-0.2, -0.15) is 0 Å². The number of hydrogen-bond donors (Lipinski definition) is 1. The first kappa shape index (κ1) is 20.2. The van der Waals surface area contributed by atoms with Gasteiger partial charge in [0.05, 0.1) is 6.61 Å². The topological polar surface area (TPSA) is 27.7 Å². The van der Waals surface area contributed by atoms with Crippen LogP contribution in [0, 0.1) is 5.92 Å². The van der Waals surface area contributed by atoms with Crippen molar-refractivity contribution in [2.24, 2.45) is 5.92 Å². The van der Waals surface area contributed by atoms with Gasteiger partial charge in [0.2, 0.25) is 0 Å². The summed E-state index contributed by atoms with van der Waals surface area (Å²) in [7, 11) is 2.20. The van der Waals surface area contributed by atoms with E-state index in [1.807, 2.05) is 0 Å². The van der Waals surface area contributed by atoms with Crippen molar-refractivity contribution in [1.82, 2.24) is 10.2 Å². The molecule has 2 aliphatic heterocycles. The van der Waals surface area contributed by atoms with E-state index in [2.05, 4.69) is 70.7 Å². The zero-order chi connectivity index (χ0) is 19.9. The molecule has 0 saturated carbocycles. The molecule has 156 valence electrons. The number of rotatable bonds is 7. The fourth-order valence-electron chi connectivity index (χ4n) is 4.50. The smallest absolute Gasteiger partial charge is 0.119 e. The number of nitrogens with zero attached hydrogens (tertiary/aromatic N) is 2. The molecule has 2 fully saturated rings. The minimum atomic E-state index is 0.813. The number of benzene rings is 2. The zero-order valence-electron chi connectivity index (χ0n) is 17.8. The molecule has 4 heteroatoms. The van der Waals surface area contributed by atoms with Gasteiger partial charge in [0.1, 0.15) is 5.75 Å². The number of piperazine rings is 1. The SMILES string of the molecule is CN1CCN(c2ccccc2-c2ccc(OCCCC3CCCNC3)cc2)CC1. The Morgan fingerprint density at radius 1 is 1.00 bits per heavy atom. The normalized spacial score (nSPS) is 20.6. The molecule has 0 amide bonds. The summed E-state index contributed by atoms with van der Waals surface area (Å²) in [6, 6.07) is 17.4. The molecule has 2 aromatic rings. The Labute approximate surface area is 175 Å². The first-order chi connectivity index (χ1) is 14.3. The van der Waals surface area contributed by atoms with Crippen molar-refractivity contribution in [3.05, 3.63) is 48.5 Å². The first-order valence-electron chi connectivity index (χ1n) is 11.3. The van der Waals surface area contributed by atoms with Crippen molar-refractivity contribution in [2.45, 2.75) is 25.7 Å². The average molecular weight is 394 g/mol. The van der Waals surface area contributed by atoms with E-state index in [0.29, 0.717) is 0 Å². The summed E-state index contributed by atoms with van der Waals surface area (Å²) in [5, 5.41) is 3.50. The number of hydrogen-bond acceptors (Lipinski definition) is 4. The number of nitrogens with one attached hydrogen (secondary N) is 1. The molecule has 2 saturated heterocycles. The predicted octanol–water partition coefficient (Wildman–Crippen LogP) is 4.26. The summed E-state index contributed by atoms with van der Waals surface area (Å²) in [6.07, 6.45) is 5.10. The van der Waals surface area contributed by atoms with Crippen molar-refractivity contribution in [2.75, 3.05) is 57.8 Å². The van der Waals surface area contributed by atoms with E-state index in [4.69, 9.17) is 4.74 Å². The molecule has 2 heterocycles. The van der Waals surface area contributed by atoms with Crippen LogP contribution in [0.25, 0.3) is 11.1 Å². The van der Waals surface area contributed by atoms with Gasteiger partial charge in [-0.3, -0.25) is 0 Å². The molecule has 1 atom stereocenters. The van der Waals surface area contributed by atoms with Crippen LogP contribution in [0.3, 0.4) is 0 Å². The fourth-order valence-corrected chi connectivity index (χ4v) is 4.50. The predicted molar refractivity (Wildman–Crippen MR) is 122 cm³/mol. The van der Waals surface area contributed by atoms with Gasteiger partial charge >= 0.3 is 0 Å². The Morgan fingerprint density at radius 2 is 1.79 bits per heavy atom. The largest absolute Gasteiger partial charge is 0.494 e. The van der Waals surface area contributed by atoms with Crippen LogP contribution in [-0.4, -0.2) is 57.8 Å². The van der Waals surface area contributed by atoms with Gasteiger partial charge in [-0.15, -0.1) is 0 Å². The third-order valence-electron chi connectivity index (χ3n) is 6.34. The van der Waals surface area contributed by atoms with Crippen LogP contribution < -0.4 is 15.0 Å². The van der Waals surface area contributed by atoms with Gasteiger partial charge < -0.3 is 19.9 Å². The maximum atomic E-state index is 6.01. The van der Waals surface area contributed by atoms with Crippen LogP contribution in [0.15, 0.2) is 48.5 Å². The molecule has 1 N–H and O–H groups in total. The lowest BCUT2D eigenvalue weighted by Crippen LogP contribution is -2.44. The number of likely N-dealkylation sites (N-methyl/N-ethyl adjacent to an activating group) is 1. The Hall–Kier alpha value is -2.04. The third-order valence-corrected chi connectivity index (χ3v) is 6.34. The van der Waals surface area contributed by atoms with Crippen molar-refractivity contribution in [3.8, 4) is 16.9 Å². The van der Waals surface area contributed by atoms with Crippen molar-refractivity contribution >= 4 is 5.69 Å². The molecular formula is C25H35N3O. The Balaban J connectivity index is 1.33. The summed E-state index contributed by atoms with van der Waals surface area (Å²) >= 11 is 0. The van der Waals surface area contributed by atoms with Crippen molar-refractivity contribution < 1.29 is 4.74 Å². The second kappa shape index (κ2) is 10.1. The van der Waals surface area contributed by atoms with Gasteiger partial charge in [0.15, 0.2) is 0 Å². The lowest BCUT2D eigenvalue weighted by Gasteiger charge is -2.35. The highest BCUT2D eigenvalue weighted by atomic mass is 16.5. The van der Waals surface area contributed by atoms with E-state index in [9.17, 15) is 0 Å². The van der Waals surface area contributed by atoms with Gasteiger partial charge in [0, 0.05) is 37.4 Å². The lowest BCUT2D eigenvalue weighted by atomic mass is 9.95. The zero-order valence-corrected chi connectivity index (χ0v) is 17.8. The van der Waals surface area contributed by atoms with E-state index in [1.165, 1.54) is 49.2 Å². The minimum Gasteiger partial charge on any atom is -0.494 e. The quantitative estimate of drug-likeness (QED) is 0.711. The molecule has 0 bridgehead atoms. The molecule has 1 unspecified atom stereocenters. The number of anilines is 1. The Morgan fingerprint density at radius 3 is 2.55 bits per heavy atom. The molecule has 0 aromatic heterocycles. The summed E-state index contributed by atoms with van der Waals surface area (Å²) in [6.45, 7) is 7.61. The minimum absolute atomic E-state index is 0.813. The van der Waals surface area contributed by atoms with Crippen LogP contribution in [0.5, 0.6) is 5.75 Å². The molecule has 0 radical (unpaired) electrons. The van der Waals surface area contributed by atoms with Gasteiger partial charge in [-0.1, -0.05) is 30.3 Å². The molecule has 2 aromatic carbocycles.